The van der Waals surface area contributed by atoms with E-state index in [9.17, 15) is 0 Å². The van der Waals surface area contributed by atoms with E-state index in [-0.39, 0.29) is 5.82 Å². The van der Waals surface area contributed by atoms with E-state index in [4.69, 9.17) is 0 Å². The molecule has 0 atom stereocenters. The first-order valence-electron chi connectivity index (χ1n) is 11.5. The summed E-state index contributed by atoms with van der Waals surface area (Å²) in [4.78, 5) is 0. The molecule has 4 rings (SSSR count). The van der Waals surface area contributed by atoms with E-state index in [0.29, 0.717) is 10.9 Å². The Morgan fingerprint density at radius 3 is 2.00 bits per heavy atom. The highest BCUT2D eigenvalue weighted by Gasteiger charge is 2.10. The summed E-state index contributed by atoms with van der Waals surface area (Å²) in [5, 5.41) is 1.66. The van der Waals surface area contributed by atoms with Gasteiger partial charge in [-0.2, -0.15) is 0 Å². The average molecular weight is 411 g/mol. The van der Waals surface area contributed by atoms with Crippen LogP contribution in [0, 0.1) is 12.7 Å². The number of halogens is 1. The van der Waals surface area contributed by atoms with Gasteiger partial charge < -0.3 is 0 Å². The van der Waals surface area contributed by atoms with Gasteiger partial charge in [-0.1, -0.05) is 104 Å². The highest BCUT2D eigenvalue weighted by molar-refractivity contribution is 5.88. The fourth-order valence-electron chi connectivity index (χ4n) is 4.19. The Hall–Kier alpha value is -2.93. The van der Waals surface area contributed by atoms with Gasteiger partial charge in [0.15, 0.2) is 0 Å². The second-order valence-corrected chi connectivity index (χ2v) is 8.62. The van der Waals surface area contributed by atoms with E-state index in [1.807, 2.05) is 49.4 Å². The molecule has 0 aromatic heterocycles. The predicted octanol–water partition coefficient (Wildman–Crippen LogP) is 8.47. The molecule has 4 aromatic carbocycles. The molecule has 0 saturated heterocycles. The fourth-order valence-corrected chi connectivity index (χ4v) is 4.19. The number of fused-ring (bicyclic) bond motifs is 1. The molecule has 0 aliphatic rings. The highest BCUT2D eigenvalue weighted by Crippen LogP contribution is 2.30. The van der Waals surface area contributed by atoms with Crippen LogP contribution in [0.1, 0.15) is 48.4 Å². The summed E-state index contributed by atoms with van der Waals surface area (Å²) in [6.07, 6.45) is 6.99. The summed E-state index contributed by atoms with van der Waals surface area (Å²) < 4.78 is 15.2. The van der Waals surface area contributed by atoms with E-state index < -0.39 is 0 Å². The van der Waals surface area contributed by atoms with Crippen LogP contribution in [0.15, 0.2) is 78.9 Å². The molecular formula is C30H31F. The maximum Gasteiger partial charge on any atom is 0.138 e. The molecule has 158 valence electrons. The first-order valence-corrected chi connectivity index (χ1v) is 11.5. The lowest BCUT2D eigenvalue weighted by atomic mass is 9.96. The normalized spacial score (nSPS) is 11.2. The van der Waals surface area contributed by atoms with Gasteiger partial charge in [0.25, 0.3) is 0 Å². The fraction of sp³-hybridized carbons (Fsp3) is 0.267. The monoisotopic (exact) mass is 410 g/mol. The molecule has 0 heterocycles. The number of rotatable bonds is 8. The van der Waals surface area contributed by atoms with E-state index >= 15 is 4.39 Å². The van der Waals surface area contributed by atoms with Crippen LogP contribution in [0.2, 0.25) is 0 Å². The standard InChI is InChI=1S/C30H31F/c1-3-4-5-6-23-9-11-24(12-10-23)13-14-25-15-19-29-27(21-25)18-20-28(30(29)31)26-16-7-22(2)8-17-26/h7-12,15-21H,3-6,13-14H2,1-2H3. The lowest BCUT2D eigenvalue weighted by Gasteiger charge is -2.10. The van der Waals surface area contributed by atoms with E-state index in [1.165, 1.54) is 47.9 Å². The van der Waals surface area contributed by atoms with E-state index in [2.05, 4.69) is 43.3 Å². The van der Waals surface area contributed by atoms with Crippen molar-refractivity contribution >= 4 is 10.8 Å². The Labute approximate surface area is 185 Å². The van der Waals surface area contributed by atoms with Crippen LogP contribution in [-0.2, 0) is 19.3 Å². The Morgan fingerprint density at radius 1 is 0.645 bits per heavy atom. The van der Waals surface area contributed by atoms with Crippen LogP contribution in [0.5, 0.6) is 0 Å². The molecule has 0 nitrogen and oxygen atoms in total. The third-order valence-electron chi connectivity index (χ3n) is 6.18. The van der Waals surface area contributed by atoms with Crippen molar-refractivity contribution in [1.29, 1.82) is 0 Å². The third kappa shape index (κ3) is 5.22. The SMILES string of the molecule is CCCCCc1ccc(CCc2ccc3c(F)c(-c4ccc(C)cc4)ccc3c2)cc1. The van der Waals surface area contributed by atoms with E-state index in [0.717, 1.165) is 23.8 Å². The van der Waals surface area contributed by atoms with Crippen LogP contribution in [0.3, 0.4) is 0 Å². The molecule has 0 spiro atoms. The molecule has 0 amide bonds. The second kappa shape index (κ2) is 9.92. The summed E-state index contributed by atoms with van der Waals surface area (Å²) >= 11 is 0. The van der Waals surface area contributed by atoms with Crippen molar-refractivity contribution in [3.05, 3.63) is 107 Å². The molecule has 0 radical (unpaired) electrons. The summed E-state index contributed by atoms with van der Waals surface area (Å²) in [6, 6.07) is 27.2. The number of hydrogen-bond acceptors (Lipinski definition) is 0. The van der Waals surface area contributed by atoms with Crippen LogP contribution in [0.25, 0.3) is 21.9 Å². The Balaban J connectivity index is 1.46. The molecule has 0 aliphatic heterocycles. The van der Waals surface area contributed by atoms with Crippen LogP contribution in [-0.4, -0.2) is 0 Å². The summed E-state index contributed by atoms with van der Waals surface area (Å²) in [6.45, 7) is 4.29. The van der Waals surface area contributed by atoms with Crippen molar-refractivity contribution in [3.8, 4) is 11.1 Å². The number of benzene rings is 4. The third-order valence-corrected chi connectivity index (χ3v) is 6.18. The van der Waals surface area contributed by atoms with Gasteiger partial charge in [-0.05, 0) is 60.2 Å². The van der Waals surface area contributed by atoms with Gasteiger partial charge in [0.05, 0.1) is 0 Å². The number of unbranched alkanes of at least 4 members (excludes halogenated alkanes) is 2. The Kier molecular flexibility index (Phi) is 6.82. The van der Waals surface area contributed by atoms with Crippen molar-refractivity contribution in [3.63, 3.8) is 0 Å². The lowest BCUT2D eigenvalue weighted by molar-refractivity contribution is 0.643. The van der Waals surface area contributed by atoms with E-state index in [1.54, 1.807) is 0 Å². The molecule has 4 aromatic rings. The minimum Gasteiger partial charge on any atom is -0.206 e. The smallest absolute Gasteiger partial charge is 0.138 e. The first kappa shape index (κ1) is 21.3. The molecule has 0 saturated carbocycles. The van der Waals surface area contributed by atoms with Crippen molar-refractivity contribution in [2.24, 2.45) is 0 Å². The van der Waals surface area contributed by atoms with Gasteiger partial charge in [-0.25, -0.2) is 4.39 Å². The average Bonchev–Trinajstić information content (AvgIpc) is 2.80. The molecule has 31 heavy (non-hydrogen) atoms. The van der Waals surface area contributed by atoms with Crippen LogP contribution in [0.4, 0.5) is 4.39 Å². The van der Waals surface area contributed by atoms with Gasteiger partial charge in [-0.3, -0.25) is 0 Å². The minimum absolute atomic E-state index is 0.133. The maximum atomic E-state index is 15.2. The molecule has 0 fully saturated rings. The van der Waals surface area contributed by atoms with Gasteiger partial charge in [0, 0.05) is 10.9 Å². The molecule has 0 bridgehead atoms. The largest absolute Gasteiger partial charge is 0.206 e. The summed E-state index contributed by atoms with van der Waals surface area (Å²) in [7, 11) is 0. The molecule has 1 heteroatoms. The maximum absolute atomic E-state index is 15.2. The van der Waals surface area contributed by atoms with Gasteiger partial charge in [0.2, 0.25) is 0 Å². The van der Waals surface area contributed by atoms with Gasteiger partial charge in [-0.15, -0.1) is 0 Å². The zero-order valence-electron chi connectivity index (χ0n) is 18.6. The molecule has 0 N–H and O–H groups in total. The lowest BCUT2D eigenvalue weighted by Crippen LogP contribution is -1.94. The molecule has 0 aliphatic carbocycles. The highest BCUT2D eigenvalue weighted by atomic mass is 19.1. The second-order valence-electron chi connectivity index (χ2n) is 8.62. The molecular weight excluding hydrogens is 379 g/mol. The van der Waals surface area contributed by atoms with Crippen molar-refractivity contribution in [1.82, 2.24) is 0 Å². The van der Waals surface area contributed by atoms with Crippen molar-refractivity contribution in [2.45, 2.75) is 52.4 Å². The summed E-state index contributed by atoms with van der Waals surface area (Å²) in [5.74, 6) is -0.133. The zero-order chi connectivity index (χ0) is 21.6. The van der Waals surface area contributed by atoms with Crippen LogP contribution < -0.4 is 0 Å². The minimum atomic E-state index is -0.133. The topological polar surface area (TPSA) is 0 Å². The van der Waals surface area contributed by atoms with Crippen LogP contribution >= 0.6 is 0 Å². The Bertz CT molecular complexity index is 1140. The zero-order valence-corrected chi connectivity index (χ0v) is 18.6. The number of hydrogen-bond donors (Lipinski definition) is 0. The Morgan fingerprint density at radius 2 is 1.29 bits per heavy atom. The number of aryl methyl sites for hydroxylation is 4. The van der Waals surface area contributed by atoms with Crippen molar-refractivity contribution in [2.75, 3.05) is 0 Å². The van der Waals surface area contributed by atoms with Gasteiger partial charge in [0.1, 0.15) is 5.82 Å². The predicted molar refractivity (Wildman–Crippen MR) is 131 cm³/mol. The quantitative estimate of drug-likeness (QED) is 0.256. The van der Waals surface area contributed by atoms with Crippen molar-refractivity contribution < 1.29 is 4.39 Å². The van der Waals surface area contributed by atoms with Gasteiger partial charge >= 0.3 is 0 Å². The first-order chi connectivity index (χ1) is 15.1. The summed E-state index contributed by atoms with van der Waals surface area (Å²) in [5.41, 5.74) is 6.82. The molecule has 0 unspecified atom stereocenters.